The minimum Gasteiger partial charge on any atom is -0.489 e. The fraction of sp³-hybridized carbons (Fsp3) is 0.350. The van der Waals surface area contributed by atoms with Gasteiger partial charge in [-0.1, -0.05) is 18.2 Å². The summed E-state index contributed by atoms with van der Waals surface area (Å²) in [4.78, 5) is 12.2. The molecule has 0 aliphatic carbocycles. The smallest absolute Gasteiger partial charge is 0.262 e. The molecule has 26 heavy (non-hydrogen) atoms. The predicted molar refractivity (Wildman–Crippen MR) is 104 cm³/mol. The zero-order valence-corrected chi connectivity index (χ0v) is 16.3. The lowest BCUT2D eigenvalue weighted by Crippen LogP contribution is -2.21. The average Bonchev–Trinajstić information content (AvgIpc) is 3.14. The molecule has 138 valence electrons. The number of para-hydroxylation sites is 2. The molecule has 1 atom stereocenters. The van der Waals surface area contributed by atoms with E-state index in [4.69, 9.17) is 14.2 Å². The molecule has 1 unspecified atom stereocenters. The molecule has 2 aromatic rings. The highest BCUT2D eigenvalue weighted by Gasteiger charge is 2.17. The maximum atomic E-state index is 12.2. The highest BCUT2D eigenvalue weighted by Crippen LogP contribution is 2.27. The quantitative estimate of drug-likeness (QED) is 0.725. The molecule has 2 aromatic carbocycles. The van der Waals surface area contributed by atoms with E-state index in [9.17, 15) is 4.79 Å². The highest BCUT2D eigenvalue weighted by molar-refractivity contribution is 9.10. The Morgan fingerprint density at radius 1 is 1.23 bits per heavy atom. The van der Waals surface area contributed by atoms with Crippen LogP contribution in [0.2, 0.25) is 0 Å². The molecule has 1 aliphatic rings. The van der Waals surface area contributed by atoms with Crippen LogP contribution in [0.5, 0.6) is 11.5 Å². The number of carbonyl (C=O) groups is 1. The first-order valence-electron chi connectivity index (χ1n) is 8.64. The van der Waals surface area contributed by atoms with Gasteiger partial charge in [0.2, 0.25) is 0 Å². The van der Waals surface area contributed by atoms with Crippen molar-refractivity contribution in [3.05, 3.63) is 52.5 Å². The minimum absolute atomic E-state index is 0.0816. The van der Waals surface area contributed by atoms with Crippen molar-refractivity contribution in [2.24, 2.45) is 0 Å². The number of amides is 1. The van der Waals surface area contributed by atoms with Crippen LogP contribution in [-0.4, -0.2) is 31.8 Å². The Labute approximate surface area is 161 Å². The van der Waals surface area contributed by atoms with E-state index < -0.39 is 0 Å². The Morgan fingerprint density at radius 3 is 2.85 bits per heavy atom. The zero-order valence-electron chi connectivity index (χ0n) is 14.7. The summed E-state index contributed by atoms with van der Waals surface area (Å²) in [6, 6.07) is 13.1. The van der Waals surface area contributed by atoms with E-state index in [-0.39, 0.29) is 18.6 Å². The third kappa shape index (κ3) is 5.22. The summed E-state index contributed by atoms with van der Waals surface area (Å²) in [5.41, 5.74) is 1.74. The van der Waals surface area contributed by atoms with E-state index in [2.05, 4.69) is 21.2 Å². The summed E-state index contributed by atoms with van der Waals surface area (Å²) in [6.45, 7) is 3.19. The molecular weight excluding hydrogens is 398 g/mol. The Kier molecular flexibility index (Phi) is 6.52. The van der Waals surface area contributed by atoms with Gasteiger partial charge in [0.15, 0.2) is 6.61 Å². The molecule has 0 spiro atoms. The average molecular weight is 420 g/mol. The van der Waals surface area contributed by atoms with Gasteiger partial charge in [-0.25, -0.2) is 0 Å². The van der Waals surface area contributed by atoms with Crippen LogP contribution in [0.1, 0.15) is 18.4 Å². The summed E-state index contributed by atoms with van der Waals surface area (Å²) < 4.78 is 17.8. The lowest BCUT2D eigenvalue weighted by Gasteiger charge is -2.15. The number of nitrogens with one attached hydrogen (secondary N) is 1. The monoisotopic (exact) mass is 419 g/mol. The fourth-order valence-electron chi connectivity index (χ4n) is 2.71. The summed E-state index contributed by atoms with van der Waals surface area (Å²) in [5, 5.41) is 2.84. The summed E-state index contributed by atoms with van der Waals surface area (Å²) in [6.07, 6.45) is 2.20. The highest BCUT2D eigenvalue weighted by atomic mass is 79.9. The van der Waals surface area contributed by atoms with Gasteiger partial charge in [0, 0.05) is 6.61 Å². The second kappa shape index (κ2) is 9.05. The SMILES string of the molecule is Cc1ccc(OCC(=O)Nc2ccccc2OCC2CCCO2)c(Br)c1. The summed E-state index contributed by atoms with van der Waals surface area (Å²) in [5.74, 6) is 1.02. The number of aryl methyl sites for hydroxylation is 1. The van der Waals surface area contributed by atoms with Crippen molar-refractivity contribution >= 4 is 27.5 Å². The summed E-state index contributed by atoms with van der Waals surface area (Å²) in [7, 11) is 0. The second-order valence-corrected chi connectivity index (χ2v) is 7.07. The van der Waals surface area contributed by atoms with Gasteiger partial charge in [-0.15, -0.1) is 0 Å². The topological polar surface area (TPSA) is 56.8 Å². The van der Waals surface area contributed by atoms with Crippen molar-refractivity contribution in [1.82, 2.24) is 0 Å². The molecule has 0 bridgehead atoms. The van der Waals surface area contributed by atoms with Crippen molar-refractivity contribution in [2.75, 3.05) is 25.1 Å². The molecule has 1 N–H and O–H groups in total. The molecule has 5 nitrogen and oxygen atoms in total. The molecule has 1 aliphatic heterocycles. The fourth-order valence-corrected chi connectivity index (χ4v) is 3.31. The van der Waals surface area contributed by atoms with Gasteiger partial charge in [-0.3, -0.25) is 4.79 Å². The Morgan fingerprint density at radius 2 is 2.08 bits per heavy atom. The van der Waals surface area contributed by atoms with Gasteiger partial charge in [0.05, 0.1) is 16.3 Å². The van der Waals surface area contributed by atoms with E-state index in [0.29, 0.717) is 23.8 Å². The molecule has 0 aromatic heterocycles. The molecule has 6 heteroatoms. The number of anilines is 1. The van der Waals surface area contributed by atoms with Crippen LogP contribution in [-0.2, 0) is 9.53 Å². The molecule has 1 amide bonds. The molecule has 1 fully saturated rings. The van der Waals surface area contributed by atoms with Gasteiger partial charge >= 0.3 is 0 Å². The number of hydrogen-bond acceptors (Lipinski definition) is 4. The minimum atomic E-state index is -0.245. The zero-order chi connectivity index (χ0) is 18.4. The second-order valence-electron chi connectivity index (χ2n) is 6.21. The van der Waals surface area contributed by atoms with Crippen molar-refractivity contribution in [1.29, 1.82) is 0 Å². The summed E-state index contributed by atoms with van der Waals surface area (Å²) >= 11 is 3.44. The Hall–Kier alpha value is -2.05. The van der Waals surface area contributed by atoms with Crippen molar-refractivity contribution < 1.29 is 19.0 Å². The van der Waals surface area contributed by atoms with Crippen molar-refractivity contribution in [3.63, 3.8) is 0 Å². The Balaban J connectivity index is 1.55. The van der Waals surface area contributed by atoms with Crippen LogP contribution in [0.15, 0.2) is 46.9 Å². The van der Waals surface area contributed by atoms with Crippen molar-refractivity contribution in [3.8, 4) is 11.5 Å². The van der Waals surface area contributed by atoms with E-state index in [1.807, 2.05) is 49.4 Å². The number of carbonyl (C=O) groups excluding carboxylic acids is 1. The lowest BCUT2D eigenvalue weighted by molar-refractivity contribution is -0.118. The van der Waals surface area contributed by atoms with Gasteiger partial charge in [0.25, 0.3) is 5.91 Å². The van der Waals surface area contributed by atoms with E-state index in [1.54, 1.807) is 0 Å². The van der Waals surface area contributed by atoms with Crippen LogP contribution >= 0.6 is 15.9 Å². The molecule has 3 rings (SSSR count). The molecule has 1 heterocycles. The van der Waals surface area contributed by atoms with Crippen LogP contribution in [0.3, 0.4) is 0 Å². The van der Waals surface area contributed by atoms with Crippen LogP contribution in [0, 0.1) is 6.92 Å². The number of halogens is 1. The molecule has 1 saturated heterocycles. The first kappa shape index (κ1) is 18.7. The van der Waals surface area contributed by atoms with Crippen molar-refractivity contribution in [2.45, 2.75) is 25.9 Å². The number of benzene rings is 2. The van der Waals surface area contributed by atoms with E-state index in [1.165, 1.54) is 0 Å². The van der Waals surface area contributed by atoms with Gasteiger partial charge < -0.3 is 19.5 Å². The van der Waals surface area contributed by atoms with Gasteiger partial charge in [-0.05, 0) is 65.5 Å². The first-order chi connectivity index (χ1) is 12.6. The maximum absolute atomic E-state index is 12.2. The first-order valence-corrected chi connectivity index (χ1v) is 9.43. The van der Waals surface area contributed by atoms with Crippen LogP contribution < -0.4 is 14.8 Å². The number of hydrogen-bond donors (Lipinski definition) is 1. The predicted octanol–water partition coefficient (Wildman–Crippen LogP) is 4.33. The third-order valence-electron chi connectivity index (χ3n) is 4.06. The Bertz CT molecular complexity index is 759. The molecular formula is C20H22BrNO4. The third-order valence-corrected chi connectivity index (χ3v) is 4.68. The van der Waals surface area contributed by atoms with E-state index >= 15 is 0 Å². The van der Waals surface area contributed by atoms with Gasteiger partial charge in [0.1, 0.15) is 18.1 Å². The van der Waals surface area contributed by atoms with Gasteiger partial charge in [-0.2, -0.15) is 0 Å². The maximum Gasteiger partial charge on any atom is 0.262 e. The lowest BCUT2D eigenvalue weighted by atomic mass is 10.2. The van der Waals surface area contributed by atoms with Crippen LogP contribution in [0.25, 0.3) is 0 Å². The van der Waals surface area contributed by atoms with E-state index in [0.717, 1.165) is 29.5 Å². The van der Waals surface area contributed by atoms with Crippen LogP contribution in [0.4, 0.5) is 5.69 Å². The largest absolute Gasteiger partial charge is 0.489 e. The number of rotatable bonds is 7. The molecule has 0 saturated carbocycles. The number of ether oxygens (including phenoxy) is 3. The normalized spacial score (nSPS) is 16.3. The standard InChI is InChI=1S/C20H22BrNO4/c1-14-8-9-18(16(21)11-14)26-13-20(23)22-17-6-2-3-7-19(17)25-12-15-5-4-10-24-15/h2-3,6-9,11,15H,4-5,10,12-13H2,1H3,(H,22,23). The molecule has 0 radical (unpaired) electrons.